The van der Waals surface area contributed by atoms with Crippen LogP contribution in [0.5, 0.6) is 0 Å². The van der Waals surface area contributed by atoms with Crippen molar-refractivity contribution in [1.82, 2.24) is 0 Å². The molecule has 1 aliphatic rings. The number of methoxy groups -OCH3 is 1. The molecule has 0 fully saturated rings. The third kappa shape index (κ3) is 4.09. The van der Waals surface area contributed by atoms with Crippen LogP contribution in [0, 0.1) is 0 Å². The van der Waals surface area contributed by atoms with Crippen molar-refractivity contribution in [2.75, 3.05) is 36.6 Å². The molecule has 0 aliphatic carbocycles. The SMILES string of the molecule is COCCC(C)(O)CNc1cc2c(cc1N)NC(=O)CC2. The van der Waals surface area contributed by atoms with Crippen LogP contribution in [-0.2, 0) is 16.0 Å². The number of hydrogen-bond donors (Lipinski definition) is 4. The molecule has 6 nitrogen and oxygen atoms in total. The molecule has 1 aromatic rings. The summed E-state index contributed by atoms with van der Waals surface area (Å²) in [6.07, 6.45) is 1.73. The molecule has 0 saturated carbocycles. The highest BCUT2D eigenvalue weighted by atomic mass is 16.5. The number of anilines is 3. The smallest absolute Gasteiger partial charge is 0.224 e. The van der Waals surface area contributed by atoms with Gasteiger partial charge in [-0.05, 0) is 31.0 Å². The van der Waals surface area contributed by atoms with Gasteiger partial charge in [-0.1, -0.05) is 0 Å². The van der Waals surface area contributed by atoms with Gasteiger partial charge in [0.15, 0.2) is 0 Å². The van der Waals surface area contributed by atoms with Crippen molar-refractivity contribution in [2.45, 2.75) is 31.8 Å². The molecule has 5 N–H and O–H groups in total. The first-order valence-electron chi connectivity index (χ1n) is 7.09. The zero-order valence-electron chi connectivity index (χ0n) is 12.5. The first kappa shape index (κ1) is 15.6. The summed E-state index contributed by atoms with van der Waals surface area (Å²) in [5.41, 5.74) is 8.30. The molecule has 0 aromatic heterocycles. The molecule has 116 valence electrons. The van der Waals surface area contributed by atoms with Gasteiger partial charge in [0.05, 0.1) is 17.0 Å². The summed E-state index contributed by atoms with van der Waals surface area (Å²) in [4.78, 5) is 11.4. The van der Waals surface area contributed by atoms with Gasteiger partial charge in [0.25, 0.3) is 0 Å². The van der Waals surface area contributed by atoms with Crippen LogP contribution in [0.15, 0.2) is 12.1 Å². The Morgan fingerprint density at radius 1 is 1.48 bits per heavy atom. The highest BCUT2D eigenvalue weighted by molar-refractivity contribution is 5.95. The molecule has 2 rings (SSSR count). The predicted octanol–water partition coefficient (Wildman–Crippen LogP) is 1.35. The quantitative estimate of drug-likeness (QED) is 0.594. The van der Waals surface area contributed by atoms with Crippen molar-refractivity contribution in [1.29, 1.82) is 0 Å². The van der Waals surface area contributed by atoms with Gasteiger partial charge in [-0.15, -0.1) is 0 Å². The number of amides is 1. The lowest BCUT2D eigenvalue weighted by molar-refractivity contribution is -0.116. The Morgan fingerprint density at radius 3 is 2.95 bits per heavy atom. The fourth-order valence-electron chi connectivity index (χ4n) is 2.29. The van der Waals surface area contributed by atoms with Gasteiger partial charge in [0, 0.05) is 38.8 Å². The molecule has 1 heterocycles. The molecule has 0 radical (unpaired) electrons. The molecule has 6 heteroatoms. The number of benzene rings is 1. The Bertz CT molecular complexity index is 529. The number of carbonyl (C=O) groups is 1. The molecule has 0 spiro atoms. The Labute approximate surface area is 124 Å². The van der Waals surface area contributed by atoms with E-state index in [1.54, 1.807) is 20.1 Å². The molecule has 1 aliphatic heterocycles. The van der Waals surface area contributed by atoms with Gasteiger partial charge in [0.2, 0.25) is 5.91 Å². The van der Waals surface area contributed by atoms with E-state index in [1.165, 1.54) is 0 Å². The van der Waals surface area contributed by atoms with E-state index < -0.39 is 5.60 Å². The number of aryl methyl sites for hydroxylation is 1. The van der Waals surface area contributed by atoms with E-state index in [0.717, 1.165) is 16.9 Å². The lowest BCUT2D eigenvalue weighted by Crippen LogP contribution is -2.34. The summed E-state index contributed by atoms with van der Waals surface area (Å²) < 4.78 is 4.99. The van der Waals surface area contributed by atoms with Crippen LogP contribution in [0.4, 0.5) is 17.1 Å². The summed E-state index contributed by atoms with van der Waals surface area (Å²) in [6.45, 7) is 2.64. The zero-order chi connectivity index (χ0) is 15.5. The number of fused-ring (bicyclic) bond motifs is 1. The van der Waals surface area contributed by atoms with Gasteiger partial charge in [-0.25, -0.2) is 0 Å². The zero-order valence-corrected chi connectivity index (χ0v) is 12.5. The topological polar surface area (TPSA) is 96.6 Å². The van der Waals surface area contributed by atoms with E-state index in [4.69, 9.17) is 10.5 Å². The number of ether oxygens (including phenoxy) is 1. The first-order valence-corrected chi connectivity index (χ1v) is 7.09. The summed E-state index contributed by atoms with van der Waals surface area (Å²) in [6, 6.07) is 3.70. The maximum atomic E-state index is 11.4. The average Bonchev–Trinajstić information content (AvgIpc) is 2.43. The fraction of sp³-hybridized carbons (Fsp3) is 0.533. The van der Waals surface area contributed by atoms with Crippen LogP contribution in [0.3, 0.4) is 0 Å². The normalized spacial score (nSPS) is 16.8. The first-order chi connectivity index (χ1) is 9.91. The van der Waals surface area contributed by atoms with Crippen molar-refractivity contribution in [3.63, 3.8) is 0 Å². The third-order valence-electron chi connectivity index (χ3n) is 3.68. The van der Waals surface area contributed by atoms with Gasteiger partial charge in [-0.3, -0.25) is 4.79 Å². The Balaban J connectivity index is 2.05. The number of hydrogen-bond acceptors (Lipinski definition) is 5. The Morgan fingerprint density at radius 2 is 2.24 bits per heavy atom. The Kier molecular flexibility index (Phi) is 4.69. The number of aliphatic hydroxyl groups is 1. The highest BCUT2D eigenvalue weighted by Crippen LogP contribution is 2.31. The lowest BCUT2D eigenvalue weighted by atomic mass is 10.00. The predicted molar refractivity (Wildman–Crippen MR) is 83.4 cm³/mol. The molecule has 0 saturated heterocycles. The number of nitrogen functional groups attached to an aromatic ring is 1. The van der Waals surface area contributed by atoms with Crippen molar-refractivity contribution >= 4 is 23.0 Å². The second-order valence-electron chi connectivity index (χ2n) is 5.74. The van der Waals surface area contributed by atoms with Crippen LogP contribution >= 0.6 is 0 Å². The van der Waals surface area contributed by atoms with Crippen molar-refractivity contribution in [3.05, 3.63) is 17.7 Å². The minimum atomic E-state index is -0.868. The lowest BCUT2D eigenvalue weighted by Gasteiger charge is -2.25. The molecule has 1 aromatic carbocycles. The van der Waals surface area contributed by atoms with Crippen molar-refractivity contribution < 1.29 is 14.6 Å². The summed E-state index contributed by atoms with van der Waals surface area (Å²) in [5, 5.41) is 16.2. The molecule has 21 heavy (non-hydrogen) atoms. The maximum absolute atomic E-state index is 11.4. The minimum Gasteiger partial charge on any atom is -0.397 e. The largest absolute Gasteiger partial charge is 0.397 e. The molecular weight excluding hydrogens is 270 g/mol. The van der Waals surface area contributed by atoms with Crippen LogP contribution in [-0.4, -0.2) is 36.9 Å². The van der Waals surface area contributed by atoms with E-state index in [1.807, 2.05) is 6.07 Å². The number of carbonyl (C=O) groups excluding carboxylic acids is 1. The van der Waals surface area contributed by atoms with Crippen molar-refractivity contribution in [3.8, 4) is 0 Å². The van der Waals surface area contributed by atoms with E-state index >= 15 is 0 Å². The number of rotatable bonds is 6. The second kappa shape index (κ2) is 6.32. The summed E-state index contributed by atoms with van der Waals surface area (Å²) >= 11 is 0. The van der Waals surface area contributed by atoms with E-state index in [-0.39, 0.29) is 5.91 Å². The van der Waals surface area contributed by atoms with E-state index in [0.29, 0.717) is 38.1 Å². The summed E-state index contributed by atoms with van der Waals surface area (Å²) in [5.74, 6) is 0.0186. The molecule has 1 amide bonds. The Hall–Kier alpha value is -1.79. The van der Waals surface area contributed by atoms with Crippen LogP contribution in [0.1, 0.15) is 25.3 Å². The third-order valence-corrected chi connectivity index (χ3v) is 3.68. The molecule has 1 unspecified atom stereocenters. The van der Waals surface area contributed by atoms with Crippen LogP contribution in [0.2, 0.25) is 0 Å². The van der Waals surface area contributed by atoms with Gasteiger partial charge in [-0.2, -0.15) is 0 Å². The average molecular weight is 293 g/mol. The second-order valence-corrected chi connectivity index (χ2v) is 5.74. The van der Waals surface area contributed by atoms with Gasteiger partial charge >= 0.3 is 0 Å². The van der Waals surface area contributed by atoms with Gasteiger partial charge < -0.3 is 26.2 Å². The summed E-state index contributed by atoms with van der Waals surface area (Å²) in [7, 11) is 1.61. The molecular formula is C15H23N3O3. The van der Waals surface area contributed by atoms with Gasteiger partial charge in [0.1, 0.15) is 0 Å². The molecule has 1 atom stereocenters. The fourth-order valence-corrected chi connectivity index (χ4v) is 2.29. The maximum Gasteiger partial charge on any atom is 0.224 e. The monoisotopic (exact) mass is 293 g/mol. The highest BCUT2D eigenvalue weighted by Gasteiger charge is 2.21. The van der Waals surface area contributed by atoms with E-state index in [2.05, 4.69) is 10.6 Å². The number of nitrogens with two attached hydrogens (primary N) is 1. The standard InChI is InChI=1S/C15H23N3O3/c1-15(20,5-6-21-2)9-17-13-7-10-3-4-14(19)18-12(10)8-11(13)16/h7-8,17,20H,3-6,9,16H2,1-2H3,(H,18,19). The number of nitrogens with one attached hydrogen (secondary N) is 2. The van der Waals surface area contributed by atoms with E-state index in [9.17, 15) is 9.90 Å². The van der Waals surface area contributed by atoms with Crippen LogP contribution in [0.25, 0.3) is 0 Å². The molecule has 0 bridgehead atoms. The van der Waals surface area contributed by atoms with Crippen LogP contribution < -0.4 is 16.4 Å². The minimum absolute atomic E-state index is 0.0186. The van der Waals surface area contributed by atoms with Crippen molar-refractivity contribution in [2.24, 2.45) is 0 Å².